The fourth-order valence-corrected chi connectivity index (χ4v) is 2.91. The molecule has 0 saturated heterocycles. The standard InChI is InChI=1S/C14H24N2O3/c1-4-14(5-2,18-6-3)13-15-12(19-16-13)10-8-7-9-11(10)17/h10-11,17H,4-9H2,1-3H3. The molecule has 0 aromatic carbocycles. The van der Waals surface area contributed by atoms with Gasteiger partial charge in [-0.3, -0.25) is 0 Å². The van der Waals surface area contributed by atoms with E-state index in [0.29, 0.717) is 18.3 Å². The van der Waals surface area contributed by atoms with Crippen molar-refractivity contribution in [2.75, 3.05) is 6.61 Å². The van der Waals surface area contributed by atoms with E-state index < -0.39 is 5.60 Å². The molecule has 1 heterocycles. The molecule has 2 rings (SSSR count). The van der Waals surface area contributed by atoms with Gasteiger partial charge in [0.15, 0.2) is 0 Å². The van der Waals surface area contributed by atoms with Crippen molar-refractivity contribution in [3.05, 3.63) is 11.7 Å². The molecule has 1 aliphatic rings. The summed E-state index contributed by atoms with van der Waals surface area (Å²) >= 11 is 0. The Bertz CT molecular complexity index is 401. The molecule has 1 saturated carbocycles. The predicted molar refractivity (Wildman–Crippen MR) is 70.8 cm³/mol. The minimum Gasteiger partial charge on any atom is -0.392 e. The highest BCUT2D eigenvalue weighted by atomic mass is 16.5. The molecule has 108 valence electrons. The van der Waals surface area contributed by atoms with E-state index in [0.717, 1.165) is 32.1 Å². The Balaban J connectivity index is 2.23. The van der Waals surface area contributed by atoms with Crippen LogP contribution in [0.2, 0.25) is 0 Å². The van der Waals surface area contributed by atoms with Crippen molar-refractivity contribution in [3.63, 3.8) is 0 Å². The van der Waals surface area contributed by atoms with E-state index >= 15 is 0 Å². The van der Waals surface area contributed by atoms with Gasteiger partial charge in [0, 0.05) is 6.61 Å². The van der Waals surface area contributed by atoms with E-state index in [4.69, 9.17) is 9.26 Å². The second-order valence-electron chi connectivity index (χ2n) is 5.20. The minimum atomic E-state index is -0.458. The number of aromatic nitrogens is 2. The molecule has 0 aliphatic heterocycles. The number of hydrogen-bond donors (Lipinski definition) is 1. The second-order valence-corrected chi connectivity index (χ2v) is 5.20. The first kappa shape index (κ1) is 14.5. The maximum absolute atomic E-state index is 9.91. The Morgan fingerprint density at radius 2 is 2.05 bits per heavy atom. The first-order chi connectivity index (χ1) is 9.16. The number of ether oxygens (including phenoxy) is 1. The van der Waals surface area contributed by atoms with Gasteiger partial charge >= 0.3 is 0 Å². The van der Waals surface area contributed by atoms with Crippen molar-refractivity contribution in [3.8, 4) is 0 Å². The highest BCUT2D eigenvalue weighted by Crippen LogP contribution is 2.36. The molecule has 0 radical (unpaired) electrons. The molecule has 5 heteroatoms. The van der Waals surface area contributed by atoms with Gasteiger partial charge < -0.3 is 14.4 Å². The van der Waals surface area contributed by atoms with Crippen LogP contribution in [0.1, 0.15) is 70.5 Å². The summed E-state index contributed by atoms with van der Waals surface area (Å²) in [6.45, 7) is 6.73. The van der Waals surface area contributed by atoms with Crippen molar-refractivity contribution in [2.24, 2.45) is 0 Å². The highest BCUT2D eigenvalue weighted by Gasteiger charge is 2.37. The molecule has 1 aromatic rings. The fraction of sp³-hybridized carbons (Fsp3) is 0.857. The van der Waals surface area contributed by atoms with Crippen LogP contribution in [-0.2, 0) is 10.3 Å². The summed E-state index contributed by atoms with van der Waals surface area (Å²) < 4.78 is 11.2. The summed E-state index contributed by atoms with van der Waals surface area (Å²) in [6.07, 6.45) is 4.02. The monoisotopic (exact) mass is 268 g/mol. The molecule has 1 N–H and O–H groups in total. The van der Waals surface area contributed by atoms with Crippen LogP contribution in [0.4, 0.5) is 0 Å². The molecular weight excluding hydrogens is 244 g/mol. The lowest BCUT2D eigenvalue weighted by atomic mass is 9.96. The van der Waals surface area contributed by atoms with Crippen molar-refractivity contribution in [2.45, 2.75) is 70.5 Å². The Kier molecular flexibility index (Phi) is 4.58. The maximum Gasteiger partial charge on any atom is 0.232 e. The van der Waals surface area contributed by atoms with Gasteiger partial charge in [0.05, 0.1) is 12.0 Å². The summed E-state index contributed by atoms with van der Waals surface area (Å²) in [6, 6.07) is 0. The van der Waals surface area contributed by atoms with Gasteiger partial charge in [-0.05, 0) is 39.0 Å². The van der Waals surface area contributed by atoms with E-state index in [1.54, 1.807) is 0 Å². The van der Waals surface area contributed by atoms with Crippen molar-refractivity contribution in [1.29, 1.82) is 0 Å². The van der Waals surface area contributed by atoms with Crippen LogP contribution in [0.15, 0.2) is 4.52 Å². The number of rotatable bonds is 6. The summed E-state index contributed by atoms with van der Waals surface area (Å²) in [4.78, 5) is 4.51. The SMILES string of the molecule is CCOC(CC)(CC)c1noc(C2CCCC2O)n1. The number of aliphatic hydroxyl groups is 1. The van der Waals surface area contributed by atoms with Crippen LogP contribution in [0, 0.1) is 0 Å². The number of nitrogens with zero attached hydrogens (tertiary/aromatic N) is 2. The van der Waals surface area contributed by atoms with Crippen LogP contribution in [0.5, 0.6) is 0 Å². The Hall–Kier alpha value is -0.940. The first-order valence-corrected chi connectivity index (χ1v) is 7.33. The normalized spacial score (nSPS) is 24.0. The highest BCUT2D eigenvalue weighted by molar-refractivity contribution is 5.06. The third-order valence-electron chi connectivity index (χ3n) is 4.21. The summed E-state index contributed by atoms with van der Waals surface area (Å²) in [5.74, 6) is 1.17. The molecule has 2 unspecified atom stereocenters. The summed E-state index contributed by atoms with van der Waals surface area (Å²) in [7, 11) is 0. The van der Waals surface area contributed by atoms with Crippen LogP contribution >= 0.6 is 0 Å². The van der Waals surface area contributed by atoms with Gasteiger partial charge in [-0.1, -0.05) is 19.0 Å². The minimum absolute atomic E-state index is 0.00529. The van der Waals surface area contributed by atoms with Crippen LogP contribution in [0.3, 0.4) is 0 Å². The van der Waals surface area contributed by atoms with Gasteiger partial charge in [-0.15, -0.1) is 0 Å². The maximum atomic E-state index is 9.91. The first-order valence-electron chi connectivity index (χ1n) is 7.33. The zero-order valence-electron chi connectivity index (χ0n) is 12.1. The van der Waals surface area contributed by atoms with Crippen molar-refractivity contribution in [1.82, 2.24) is 10.1 Å². The average molecular weight is 268 g/mol. The van der Waals surface area contributed by atoms with E-state index in [9.17, 15) is 5.11 Å². The topological polar surface area (TPSA) is 68.4 Å². The van der Waals surface area contributed by atoms with Gasteiger partial charge in [-0.25, -0.2) is 0 Å². The molecule has 0 bridgehead atoms. The number of hydrogen-bond acceptors (Lipinski definition) is 5. The molecule has 1 fully saturated rings. The van der Waals surface area contributed by atoms with Crippen LogP contribution in [0.25, 0.3) is 0 Å². The van der Waals surface area contributed by atoms with Crippen molar-refractivity contribution >= 4 is 0 Å². The lowest BCUT2D eigenvalue weighted by Crippen LogP contribution is -2.30. The van der Waals surface area contributed by atoms with Gasteiger partial charge in [0.25, 0.3) is 0 Å². The predicted octanol–water partition coefficient (Wildman–Crippen LogP) is 2.75. The van der Waals surface area contributed by atoms with Crippen LogP contribution < -0.4 is 0 Å². The smallest absolute Gasteiger partial charge is 0.232 e. The number of aliphatic hydroxyl groups excluding tert-OH is 1. The zero-order valence-corrected chi connectivity index (χ0v) is 12.1. The van der Waals surface area contributed by atoms with Gasteiger partial charge in [0.2, 0.25) is 11.7 Å². The van der Waals surface area contributed by atoms with Crippen LogP contribution in [-0.4, -0.2) is 28.0 Å². The van der Waals surface area contributed by atoms with E-state index in [1.807, 2.05) is 6.92 Å². The molecule has 2 atom stereocenters. The Morgan fingerprint density at radius 1 is 1.32 bits per heavy atom. The Morgan fingerprint density at radius 3 is 2.58 bits per heavy atom. The lowest BCUT2D eigenvalue weighted by molar-refractivity contribution is -0.0583. The van der Waals surface area contributed by atoms with E-state index in [-0.39, 0.29) is 12.0 Å². The molecule has 1 aliphatic carbocycles. The third kappa shape index (κ3) is 2.67. The van der Waals surface area contributed by atoms with Crippen molar-refractivity contribution < 1.29 is 14.4 Å². The van der Waals surface area contributed by atoms with Gasteiger partial charge in [-0.2, -0.15) is 4.98 Å². The van der Waals surface area contributed by atoms with E-state index in [1.165, 1.54) is 0 Å². The quantitative estimate of drug-likeness (QED) is 0.859. The molecule has 0 amide bonds. The van der Waals surface area contributed by atoms with Gasteiger partial charge in [0.1, 0.15) is 5.60 Å². The average Bonchev–Trinajstić information content (AvgIpc) is 3.04. The largest absolute Gasteiger partial charge is 0.392 e. The molecular formula is C14H24N2O3. The van der Waals surface area contributed by atoms with E-state index in [2.05, 4.69) is 24.0 Å². The second kappa shape index (κ2) is 6.01. The fourth-order valence-electron chi connectivity index (χ4n) is 2.91. The molecule has 5 nitrogen and oxygen atoms in total. The molecule has 0 spiro atoms. The Labute approximate surface area is 114 Å². The molecule has 19 heavy (non-hydrogen) atoms. The third-order valence-corrected chi connectivity index (χ3v) is 4.21. The summed E-state index contributed by atoms with van der Waals surface area (Å²) in [5, 5.41) is 14.0. The summed E-state index contributed by atoms with van der Waals surface area (Å²) in [5.41, 5.74) is -0.458. The zero-order chi connectivity index (χ0) is 13.9. The molecule has 1 aromatic heterocycles. The lowest BCUT2D eigenvalue weighted by Gasteiger charge is -2.27.